The fourth-order valence-electron chi connectivity index (χ4n) is 2.85. The first-order valence-corrected chi connectivity index (χ1v) is 7.42. The molecular weight excluding hydrogens is 262 g/mol. The lowest BCUT2D eigenvalue weighted by atomic mass is 10.00. The molecule has 3 heteroatoms. The molecular formula is C18H21NO2. The van der Waals surface area contributed by atoms with Crippen molar-refractivity contribution in [2.75, 3.05) is 6.61 Å². The van der Waals surface area contributed by atoms with E-state index in [4.69, 9.17) is 4.74 Å². The van der Waals surface area contributed by atoms with Crippen molar-refractivity contribution in [3.05, 3.63) is 65.2 Å². The van der Waals surface area contributed by atoms with Gasteiger partial charge in [-0.2, -0.15) is 0 Å². The standard InChI is InChI=1S/C18H21NO2/c1-13(15-7-4-5-14(9-15)11-20)19-17-10-16-6-2-3-8-18(16)21-12-17/h2-9,13,17,19-20H,10-12H2,1H3. The van der Waals surface area contributed by atoms with Gasteiger partial charge in [0.2, 0.25) is 0 Å². The summed E-state index contributed by atoms with van der Waals surface area (Å²) >= 11 is 0. The maximum atomic E-state index is 9.23. The minimum absolute atomic E-state index is 0.0838. The Balaban J connectivity index is 1.67. The summed E-state index contributed by atoms with van der Waals surface area (Å²) in [5.41, 5.74) is 3.41. The van der Waals surface area contributed by atoms with E-state index in [1.807, 2.05) is 24.3 Å². The van der Waals surface area contributed by atoms with Crippen molar-refractivity contribution >= 4 is 0 Å². The zero-order valence-electron chi connectivity index (χ0n) is 12.3. The molecule has 1 aliphatic heterocycles. The van der Waals surface area contributed by atoms with Gasteiger partial charge in [0.1, 0.15) is 12.4 Å². The van der Waals surface area contributed by atoms with E-state index in [1.54, 1.807) is 0 Å². The van der Waals surface area contributed by atoms with Crippen LogP contribution in [0.2, 0.25) is 0 Å². The van der Waals surface area contributed by atoms with E-state index in [0.717, 1.165) is 17.7 Å². The number of hydrogen-bond acceptors (Lipinski definition) is 3. The van der Waals surface area contributed by atoms with Crippen LogP contribution in [0.3, 0.4) is 0 Å². The van der Waals surface area contributed by atoms with Crippen LogP contribution in [-0.2, 0) is 13.0 Å². The van der Waals surface area contributed by atoms with Crippen molar-refractivity contribution < 1.29 is 9.84 Å². The Morgan fingerprint density at radius 1 is 1.24 bits per heavy atom. The quantitative estimate of drug-likeness (QED) is 0.906. The van der Waals surface area contributed by atoms with Crippen LogP contribution < -0.4 is 10.1 Å². The topological polar surface area (TPSA) is 41.5 Å². The van der Waals surface area contributed by atoms with E-state index >= 15 is 0 Å². The number of aliphatic hydroxyl groups is 1. The van der Waals surface area contributed by atoms with Crippen LogP contribution in [0.15, 0.2) is 48.5 Å². The van der Waals surface area contributed by atoms with E-state index in [0.29, 0.717) is 12.6 Å². The number of ether oxygens (including phenoxy) is 1. The predicted octanol–water partition coefficient (Wildman–Crippen LogP) is 2.83. The molecule has 21 heavy (non-hydrogen) atoms. The maximum absolute atomic E-state index is 9.23. The molecule has 1 heterocycles. The third-order valence-corrected chi connectivity index (χ3v) is 4.00. The highest BCUT2D eigenvalue weighted by molar-refractivity contribution is 5.35. The molecule has 0 radical (unpaired) electrons. The summed E-state index contributed by atoms with van der Waals surface area (Å²) in [7, 11) is 0. The van der Waals surface area contributed by atoms with Crippen LogP contribution in [0.4, 0.5) is 0 Å². The average Bonchev–Trinajstić information content (AvgIpc) is 2.54. The Bertz CT molecular complexity index is 612. The zero-order chi connectivity index (χ0) is 14.7. The largest absolute Gasteiger partial charge is 0.492 e. The molecule has 2 unspecified atom stereocenters. The van der Waals surface area contributed by atoms with E-state index in [-0.39, 0.29) is 12.6 Å². The molecule has 2 N–H and O–H groups in total. The first kappa shape index (κ1) is 14.1. The van der Waals surface area contributed by atoms with Gasteiger partial charge in [-0.05, 0) is 36.1 Å². The van der Waals surface area contributed by atoms with E-state index < -0.39 is 0 Å². The summed E-state index contributed by atoms with van der Waals surface area (Å²) < 4.78 is 5.82. The fraction of sp³-hybridized carbons (Fsp3) is 0.333. The van der Waals surface area contributed by atoms with Gasteiger partial charge in [-0.15, -0.1) is 0 Å². The number of hydrogen-bond donors (Lipinski definition) is 2. The number of fused-ring (bicyclic) bond motifs is 1. The molecule has 3 rings (SSSR count). The highest BCUT2D eigenvalue weighted by atomic mass is 16.5. The second-order valence-electron chi connectivity index (χ2n) is 5.61. The molecule has 3 nitrogen and oxygen atoms in total. The highest BCUT2D eigenvalue weighted by Crippen LogP contribution is 2.25. The van der Waals surface area contributed by atoms with Crippen LogP contribution in [0, 0.1) is 0 Å². The van der Waals surface area contributed by atoms with Gasteiger partial charge in [-0.3, -0.25) is 0 Å². The van der Waals surface area contributed by atoms with Gasteiger partial charge >= 0.3 is 0 Å². The second-order valence-corrected chi connectivity index (χ2v) is 5.61. The van der Waals surface area contributed by atoms with Crippen LogP contribution >= 0.6 is 0 Å². The molecule has 110 valence electrons. The Morgan fingerprint density at radius 3 is 2.95 bits per heavy atom. The van der Waals surface area contributed by atoms with E-state index in [1.165, 1.54) is 11.1 Å². The predicted molar refractivity (Wildman–Crippen MR) is 83.3 cm³/mol. The summed E-state index contributed by atoms with van der Waals surface area (Å²) in [5.74, 6) is 1.01. The van der Waals surface area contributed by atoms with Crippen LogP contribution in [0.25, 0.3) is 0 Å². The van der Waals surface area contributed by atoms with Gasteiger partial charge in [-0.1, -0.05) is 42.5 Å². The van der Waals surface area contributed by atoms with Gasteiger partial charge < -0.3 is 15.2 Å². The Labute approximate surface area is 125 Å². The highest BCUT2D eigenvalue weighted by Gasteiger charge is 2.21. The normalized spacial score (nSPS) is 18.7. The molecule has 0 bridgehead atoms. The fourth-order valence-corrected chi connectivity index (χ4v) is 2.85. The molecule has 0 aliphatic carbocycles. The summed E-state index contributed by atoms with van der Waals surface area (Å²) in [4.78, 5) is 0. The molecule has 0 fully saturated rings. The number of benzene rings is 2. The van der Waals surface area contributed by atoms with Crippen LogP contribution in [0.5, 0.6) is 5.75 Å². The molecule has 2 aromatic carbocycles. The maximum Gasteiger partial charge on any atom is 0.122 e. The van der Waals surface area contributed by atoms with Crippen LogP contribution in [0.1, 0.15) is 29.7 Å². The molecule has 0 saturated heterocycles. The lowest BCUT2D eigenvalue weighted by molar-refractivity contribution is 0.229. The number of nitrogens with one attached hydrogen (secondary N) is 1. The Kier molecular flexibility index (Phi) is 4.23. The lowest BCUT2D eigenvalue weighted by Crippen LogP contribution is -2.40. The minimum Gasteiger partial charge on any atom is -0.492 e. The first-order valence-electron chi connectivity index (χ1n) is 7.42. The van der Waals surface area contributed by atoms with Gasteiger partial charge in [0, 0.05) is 12.1 Å². The van der Waals surface area contributed by atoms with Crippen molar-refractivity contribution in [1.29, 1.82) is 0 Å². The van der Waals surface area contributed by atoms with E-state index in [2.05, 4.69) is 36.5 Å². The van der Waals surface area contributed by atoms with Crippen molar-refractivity contribution in [3.8, 4) is 5.75 Å². The second kappa shape index (κ2) is 6.29. The minimum atomic E-state index is 0.0838. The molecule has 1 aliphatic rings. The summed E-state index contributed by atoms with van der Waals surface area (Å²) in [6, 6.07) is 16.8. The van der Waals surface area contributed by atoms with Crippen LogP contribution in [-0.4, -0.2) is 17.8 Å². The molecule has 0 saturated carbocycles. The zero-order valence-corrected chi connectivity index (χ0v) is 12.3. The van der Waals surface area contributed by atoms with E-state index in [9.17, 15) is 5.11 Å². The van der Waals surface area contributed by atoms with Gasteiger partial charge in [0.05, 0.1) is 6.61 Å². The summed E-state index contributed by atoms with van der Waals surface area (Å²) in [5, 5.41) is 12.9. The molecule has 0 amide bonds. The van der Waals surface area contributed by atoms with Crippen molar-refractivity contribution in [2.45, 2.75) is 32.0 Å². The average molecular weight is 283 g/mol. The summed E-state index contributed by atoms with van der Waals surface area (Å²) in [6.45, 7) is 2.93. The molecule has 0 aromatic heterocycles. The van der Waals surface area contributed by atoms with Crippen molar-refractivity contribution in [3.63, 3.8) is 0 Å². The van der Waals surface area contributed by atoms with Crippen molar-refractivity contribution in [2.24, 2.45) is 0 Å². The van der Waals surface area contributed by atoms with Crippen molar-refractivity contribution in [1.82, 2.24) is 5.32 Å². The van der Waals surface area contributed by atoms with Gasteiger partial charge in [-0.25, -0.2) is 0 Å². The monoisotopic (exact) mass is 283 g/mol. The first-order chi connectivity index (χ1) is 10.3. The third kappa shape index (κ3) is 3.26. The lowest BCUT2D eigenvalue weighted by Gasteiger charge is -2.29. The summed E-state index contributed by atoms with van der Waals surface area (Å²) in [6.07, 6.45) is 0.986. The molecule has 0 spiro atoms. The molecule has 2 aromatic rings. The van der Waals surface area contributed by atoms with Gasteiger partial charge in [0.15, 0.2) is 0 Å². The Morgan fingerprint density at radius 2 is 2.10 bits per heavy atom. The number of rotatable bonds is 4. The van der Waals surface area contributed by atoms with Gasteiger partial charge in [0.25, 0.3) is 0 Å². The molecule has 2 atom stereocenters. The number of aliphatic hydroxyl groups excluding tert-OH is 1. The Hall–Kier alpha value is -1.84. The smallest absolute Gasteiger partial charge is 0.122 e. The number of para-hydroxylation sites is 1. The third-order valence-electron chi connectivity index (χ3n) is 4.00. The SMILES string of the molecule is CC(NC1COc2ccccc2C1)c1cccc(CO)c1.